The lowest BCUT2D eigenvalue weighted by atomic mass is 10.3. The van der Waals surface area contributed by atoms with Gasteiger partial charge in [-0.1, -0.05) is 0 Å². The Labute approximate surface area is 66.1 Å². The molecule has 0 atom stereocenters. The van der Waals surface area contributed by atoms with Crippen molar-refractivity contribution < 1.29 is 4.79 Å². The van der Waals surface area contributed by atoms with Crippen molar-refractivity contribution in [2.75, 3.05) is 0 Å². The molecule has 1 rings (SSSR count). The van der Waals surface area contributed by atoms with E-state index in [1.54, 1.807) is 13.0 Å². The summed E-state index contributed by atoms with van der Waals surface area (Å²) in [5.41, 5.74) is 1.06. The number of hydrogen-bond donors (Lipinski definition) is 0. The van der Waals surface area contributed by atoms with Crippen molar-refractivity contribution in [3.8, 4) is 0 Å². The molecule has 0 amide bonds. The van der Waals surface area contributed by atoms with Crippen LogP contribution in [0, 0.1) is 0 Å². The van der Waals surface area contributed by atoms with E-state index in [-0.39, 0.29) is 5.78 Å². The van der Waals surface area contributed by atoms with Crippen molar-refractivity contribution in [1.82, 2.24) is 4.57 Å². The lowest BCUT2D eigenvalue weighted by molar-refractivity contribution is -0.112. The first-order valence-electron chi connectivity index (χ1n) is 3.49. The lowest BCUT2D eigenvalue weighted by Gasteiger charge is -1.83. The van der Waals surface area contributed by atoms with Crippen LogP contribution in [0.25, 0.3) is 6.08 Å². The van der Waals surface area contributed by atoms with E-state index in [1.165, 1.54) is 0 Å². The molecule has 0 saturated heterocycles. The first kappa shape index (κ1) is 7.79. The average Bonchev–Trinajstić information content (AvgIpc) is 2.31. The predicted molar refractivity (Wildman–Crippen MR) is 45.1 cm³/mol. The number of rotatable bonds is 2. The molecule has 0 aliphatic carbocycles. The molecule has 0 aromatic carbocycles. The van der Waals surface area contributed by atoms with Gasteiger partial charge in [0.1, 0.15) is 0 Å². The van der Waals surface area contributed by atoms with E-state index in [4.69, 9.17) is 0 Å². The molecule has 0 aliphatic heterocycles. The Hall–Kier alpha value is -1.31. The minimum Gasteiger partial charge on any atom is -0.357 e. The standard InChI is InChI=1S/C9H11NO/c1-8(11)3-4-9-5-6-10(2)7-9/h3-7H,1-2H3/b4-3+. The molecule has 11 heavy (non-hydrogen) atoms. The van der Waals surface area contributed by atoms with Gasteiger partial charge in [-0.05, 0) is 30.7 Å². The quantitative estimate of drug-likeness (QED) is 0.586. The van der Waals surface area contributed by atoms with Crippen LogP contribution in [0.1, 0.15) is 12.5 Å². The van der Waals surface area contributed by atoms with Crippen LogP contribution in [0.4, 0.5) is 0 Å². The highest BCUT2D eigenvalue weighted by atomic mass is 16.1. The number of aromatic nitrogens is 1. The number of allylic oxidation sites excluding steroid dienone is 1. The van der Waals surface area contributed by atoms with Crippen LogP contribution in [0.5, 0.6) is 0 Å². The summed E-state index contributed by atoms with van der Waals surface area (Å²) >= 11 is 0. The SMILES string of the molecule is CC(=O)/C=C/c1ccn(C)c1. The molecule has 2 nitrogen and oxygen atoms in total. The Morgan fingerprint density at radius 2 is 2.36 bits per heavy atom. The van der Waals surface area contributed by atoms with E-state index in [0.29, 0.717) is 0 Å². The van der Waals surface area contributed by atoms with Crippen molar-refractivity contribution >= 4 is 11.9 Å². The van der Waals surface area contributed by atoms with Gasteiger partial charge >= 0.3 is 0 Å². The third kappa shape index (κ3) is 2.42. The van der Waals surface area contributed by atoms with Crippen LogP contribution in [-0.2, 0) is 11.8 Å². The zero-order valence-electron chi connectivity index (χ0n) is 6.74. The van der Waals surface area contributed by atoms with Crippen molar-refractivity contribution in [2.24, 2.45) is 7.05 Å². The molecule has 0 bridgehead atoms. The Kier molecular flexibility index (Phi) is 2.26. The molecular formula is C9H11NO. The third-order valence-electron chi connectivity index (χ3n) is 1.37. The minimum absolute atomic E-state index is 0.0776. The van der Waals surface area contributed by atoms with Crippen LogP contribution in [0.15, 0.2) is 24.5 Å². The monoisotopic (exact) mass is 149 g/mol. The number of nitrogens with zero attached hydrogens (tertiary/aromatic N) is 1. The molecular weight excluding hydrogens is 138 g/mol. The maximum atomic E-state index is 10.5. The second kappa shape index (κ2) is 3.19. The van der Waals surface area contributed by atoms with Gasteiger partial charge in [0.05, 0.1) is 0 Å². The van der Waals surface area contributed by atoms with E-state index in [9.17, 15) is 4.79 Å². The molecule has 0 saturated carbocycles. The Morgan fingerprint density at radius 1 is 1.64 bits per heavy atom. The summed E-state index contributed by atoms with van der Waals surface area (Å²) in [5.74, 6) is 0.0776. The molecule has 58 valence electrons. The van der Waals surface area contributed by atoms with Crippen LogP contribution >= 0.6 is 0 Å². The molecule has 0 aliphatic rings. The van der Waals surface area contributed by atoms with Crippen molar-refractivity contribution in [2.45, 2.75) is 6.92 Å². The third-order valence-corrected chi connectivity index (χ3v) is 1.37. The molecule has 1 aromatic rings. The molecule has 0 unspecified atom stereocenters. The van der Waals surface area contributed by atoms with Gasteiger partial charge in [-0.3, -0.25) is 4.79 Å². The highest BCUT2D eigenvalue weighted by molar-refractivity contribution is 5.91. The molecule has 0 spiro atoms. The number of ketones is 1. The van der Waals surface area contributed by atoms with Gasteiger partial charge in [-0.25, -0.2) is 0 Å². The minimum atomic E-state index is 0.0776. The Balaban J connectivity index is 2.71. The summed E-state index contributed by atoms with van der Waals surface area (Å²) in [6, 6.07) is 1.96. The molecule has 1 aromatic heterocycles. The first-order chi connectivity index (χ1) is 5.18. The summed E-state index contributed by atoms with van der Waals surface area (Å²) in [7, 11) is 1.95. The van der Waals surface area contributed by atoms with Gasteiger partial charge < -0.3 is 4.57 Å². The second-order valence-electron chi connectivity index (χ2n) is 2.55. The zero-order chi connectivity index (χ0) is 8.27. The molecule has 0 fully saturated rings. The lowest BCUT2D eigenvalue weighted by Crippen LogP contribution is -1.79. The number of hydrogen-bond acceptors (Lipinski definition) is 1. The zero-order valence-corrected chi connectivity index (χ0v) is 6.74. The first-order valence-corrected chi connectivity index (χ1v) is 3.49. The van der Waals surface area contributed by atoms with Crippen LogP contribution in [0.3, 0.4) is 0 Å². The van der Waals surface area contributed by atoms with E-state index >= 15 is 0 Å². The van der Waals surface area contributed by atoms with Gasteiger partial charge in [-0.2, -0.15) is 0 Å². The fourth-order valence-electron chi connectivity index (χ4n) is 0.837. The Bertz CT molecular complexity index is 284. The smallest absolute Gasteiger partial charge is 0.152 e. The van der Waals surface area contributed by atoms with E-state index in [1.807, 2.05) is 36.2 Å². The Morgan fingerprint density at radius 3 is 2.82 bits per heavy atom. The van der Waals surface area contributed by atoms with Crippen molar-refractivity contribution in [1.29, 1.82) is 0 Å². The van der Waals surface area contributed by atoms with Gasteiger partial charge in [0, 0.05) is 19.4 Å². The number of carbonyl (C=O) groups excluding carboxylic acids is 1. The fraction of sp³-hybridized carbons (Fsp3) is 0.222. The van der Waals surface area contributed by atoms with Gasteiger partial charge in [0.15, 0.2) is 5.78 Å². The summed E-state index contributed by atoms with van der Waals surface area (Å²) in [4.78, 5) is 10.5. The van der Waals surface area contributed by atoms with Gasteiger partial charge in [0.2, 0.25) is 0 Å². The average molecular weight is 149 g/mol. The maximum Gasteiger partial charge on any atom is 0.152 e. The van der Waals surface area contributed by atoms with Crippen LogP contribution in [0.2, 0.25) is 0 Å². The highest BCUT2D eigenvalue weighted by Crippen LogP contribution is 2.01. The van der Waals surface area contributed by atoms with Gasteiger partial charge in [-0.15, -0.1) is 0 Å². The van der Waals surface area contributed by atoms with E-state index in [0.717, 1.165) is 5.56 Å². The molecule has 0 radical (unpaired) electrons. The normalized spacial score (nSPS) is 10.7. The number of aryl methyl sites for hydroxylation is 1. The van der Waals surface area contributed by atoms with Crippen LogP contribution in [-0.4, -0.2) is 10.4 Å². The molecule has 1 heterocycles. The van der Waals surface area contributed by atoms with E-state index < -0.39 is 0 Å². The van der Waals surface area contributed by atoms with E-state index in [2.05, 4.69) is 0 Å². The summed E-state index contributed by atoms with van der Waals surface area (Å²) < 4.78 is 1.94. The predicted octanol–water partition coefficient (Wildman–Crippen LogP) is 1.63. The molecule has 2 heteroatoms. The van der Waals surface area contributed by atoms with Crippen molar-refractivity contribution in [3.63, 3.8) is 0 Å². The van der Waals surface area contributed by atoms with Crippen molar-refractivity contribution in [3.05, 3.63) is 30.1 Å². The fourth-order valence-corrected chi connectivity index (χ4v) is 0.837. The second-order valence-corrected chi connectivity index (χ2v) is 2.55. The van der Waals surface area contributed by atoms with Gasteiger partial charge in [0.25, 0.3) is 0 Å². The molecule has 0 N–H and O–H groups in total. The summed E-state index contributed by atoms with van der Waals surface area (Å²) in [5, 5.41) is 0. The summed E-state index contributed by atoms with van der Waals surface area (Å²) in [6.07, 6.45) is 7.27. The van der Waals surface area contributed by atoms with Crippen LogP contribution < -0.4 is 0 Å². The number of carbonyl (C=O) groups is 1. The topological polar surface area (TPSA) is 22.0 Å². The largest absolute Gasteiger partial charge is 0.357 e. The summed E-state index contributed by atoms with van der Waals surface area (Å²) in [6.45, 7) is 1.54. The maximum absolute atomic E-state index is 10.5. The highest BCUT2D eigenvalue weighted by Gasteiger charge is 1.88.